The summed E-state index contributed by atoms with van der Waals surface area (Å²) in [5, 5.41) is 0. The summed E-state index contributed by atoms with van der Waals surface area (Å²) in [5.41, 5.74) is -0.277. The fourth-order valence-corrected chi connectivity index (χ4v) is 2.43. The molecule has 0 aromatic carbocycles. The van der Waals surface area contributed by atoms with Crippen LogP contribution in [0.15, 0.2) is 11.1 Å². The summed E-state index contributed by atoms with van der Waals surface area (Å²) in [5.74, 6) is 0.751. The topological polar surface area (TPSA) is 58.2 Å². The van der Waals surface area contributed by atoms with E-state index in [-0.39, 0.29) is 11.2 Å². The number of aromatic nitrogens is 2. The third-order valence-corrected chi connectivity index (χ3v) is 3.48. The van der Waals surface area contributed by atoms with Gasteiger partial charge >= 0.3 is 0 Å². The first-order valence-electron chi connectivity index (χ1n) is 5.12. The zero-order valence-electron chi connectivity index (χ0n) is 9.29. The van der Waals surface area contributed by atoms with Crippen molar-refractivity contribution in [2.75, 3.05) is 24.6 Å². The van der Waals surface area contributed by atoms with Crippen molar-refractivity contribution in [3.05, 3.63) is 20.3 Å². The number of hydrogen-bond acceptors (Lipinski definition) is 4. The van der Waals surface area contributed by atoms with E-state index < -0.39 is 0 Å². The summed E-state index contributed by atoms with van der Waals surface area (Å²) in [6.07, 6.45) is 1.45. The van der Waals surface area contributed by atoms with E-state index in [0.29, 0.717) is 10.2 Å². The second-order valence-electron chi connectivity index (χ2n) is 4.40. The van der Waals surface area contributed by atoms with Crippen LogP contribution in [0, 0.1) is 3.57 Å². The number of morpholine rings is 1. The van der Waals surface area contributed by atoms with Crippen molar-refractivity contribution < 1.29 is 4.74 Å². The summed E-state index contributed by atoms with van der Waals surface area (Å²) in [6, 6.07) is 0. The van der Waals surface area contributed by atoms with Gasteiger partial charge in [-0.15, -0.1) is 0 Å². The molecule has 0 atom stereocenters. The van der Waals surface area contributed by atoms with E-state index in [1.54, 1.807) is 0 Å². The van der Waals surface area contributed by atoms with Crippen molar-refractivity contribution in [2.45, 2.75) is 19.4 Å². The average molecular weight is 335 g/mol. The molecule has 0 aliphatic carbocycles. The Morgan fingerprint density at radius 1 is 1.62 bits per heavy atom. The summed E-state index contributed by atoms with van der Waals surface area (Å²) in [7, 11) is 0. The van der Waals surface area contributed by atoms with Gasteiger partial charge in [0.25, 0.3) is 5.56 Å². The van der Waals surface area contributed by atoms with E-state index in [0.717, 1.165) is 18.9 Å². The molecule has 0 radical (unpaired) electrons. The highest BCUT2D eigenvalue weighted by Gasteiger charge is 2.29. The number of hydrogen-bond donors (Lipinski definition) is 1. The van der Waals surface area contributed by atoms with E-state index in [2.05, 4.69) is 14.9 Å². The monoisotopic (exact) mass is 335 g/mol. The number of H-pyrrole nitrogens is 1. The molecular formula is C10H14IN3O2. The smallest absolute Gasteiger partial charge is 0.266 e. The summed E-state index contributed by atoms with van der Waals surface area (Å²) < 4.78 is 6.27. The minimum atomic E-state index is -0.189. The highest BCUT2D eigenvalue weighted by atomic mass is 127. The van der Waals surface area contributed by atoms with E-state index in [1.807, 2.05) is 36.4 Å². The standard InChI is InChI=1S/C10H14IN3O2/c1-10(2)5-14(3-4-16-10)8-7(11)9(15)13-6-12-8/h6H,3-5H2,1-2H3,(H,12,13,15). The van der Waals surface area contributed by atoms with Crippen LogP contribution in [0.4, 0.5) is 5.82 Å². The molecule has 0 bridgehead atoms. The largest absolute Gasteiger partial charge is 0.372 e. The van der Waals surface area contributed by atoms with Crippen molar-refractivity contribution in [1.29, 1.82) is 0 Å². The fraction of sp³-hybridized carbons (Fsp3) is 0.600. The summed E-state index contributed by atoms with van der Waals surface area (Å²) in [6.45, 7) is 6.27. The zero-order chi connectivity index (χ0) is 11.8. The molecule has 1 saturated heterocycles. The highest BCUT2D eigenvalue weighted by molar-refractivity contribution is 14.1. The molecule has 6 heteroatoms. The number of rotatable bonds is 1. The zero-order valence-corrected chi connectivity index (χ0v) is 11.4. The van der Waals surface area contributed by atoms with Crippen LogP contribution in [0.3, 0.4) is 0 Å². The van der Waals surface area contributed by atoms with Crippen LogP contribution in [-0.2, 0) is 4.74 Å². The SMILES string of the molecule is CC1(C)CN(c2nc[nH]c(=O)c2I)CCO1. The molecule has 0 amide bonds. The lowest BCUT2D eigenvalue weighted by atomic mass is 10.1. The molecule has 0 spiro atoms. The predicted molar refractivity (Wildman–Crippen MR) is 69.8 cm³/mol. The predicted octanol–water partition coefficient (Wildman–Crippen LogP) is 0.990. The van der Waals surface area contributed by atoms with Gasteiger partial charge in [0.1, 0.15) is 9.39 Å². The van der Waals surface area contributed by atoms with Gasteiger partial charge in [-0.1, -0.05) is 0 Å². The Morgan fingerprint density at radius 3 is 3.06 bits per heavy atom. The highest BCUT2D eigenvalue weighted by Crippen LogP contribution is 2.23. The molecule has 1 aromatic heterocycles. The van der Waals surface area contributed by atoms with Crippen LogP contribution in [0.2, 0.25) is 0 Å². The number of nitrogens with one attached hydrogen (secondary N) is 1. The van der Waals surface area contributed by atoms with Gasteiger partial charge in [-0.05, 0) is 36.4 Å². The van der Waals surface area contributed by atoms with E-state index in [9.17, 15) is 4.79 Å². The Kier molecular flexibility index (Phi) is 3.20. The van der Waals surface area contributed by atoms with Gasteiger partial charge in [0.15, 0.2) is 0 Å². The van der Waals surface area contributed by atoms with Crippen LogP contribution < -0.4 is 10.5 Å². The molecule has 0 saturated carbocycles. The third-order valence-electron chi connectivity index (χ3n) is 2.50. The Labute approximate surface area is 107 Å². The van der Waals surface area contributed by atoms with Crippen LogP contribution in [0.25, 0.3) is 0 Å². The van der Waals surface area contributed by atoms with Gasteiger partial charge in [-0.2, -0.15) is 0 Å². The third kappa shape index (κ3) is 2.37. The van der Waals surface area contributed by atoms with Crippen molar-refractivity contribution in [2.24, 2.45) is 0 Å². The molecule has 0 unspecified atom stereocenters. The second kappa shape index (κ2) is 4.33. The normalized spacial score (nSPS) is 19.8. The molecular weight excluding hydrogens is 321 g/mol. The molecule has 2 heterocycles. The summed E-state index contributed by atoms with van der Waals surface area (Å²) >= 11 is 2.03. The quantitative estimate of drug-likeness (QED) is 0.778. The van der Waals surface area contributed by atoms with Crippen LogP contribution >= 0.6 is 22.6 Å². The lowest BCUT2D eigenvalue weighted by Gasteiger charge is -2.38. The maximum Gasteiger partial charge on any atom is 0.266 e. The van der Waals surface area contributed by atoms with Gasteiger partial charge in [0.2, 0.25) is 0 Å². The van der Waals surface area contributed by atoms with Crippen LogP contribution in [-0.4, -0.2) is 35.3 Å². The van der Waals surface area contributed by atoms with Gasteiger partial charge in [-0.25, -0.2) is 4.98 Å². The van der Waals surface area contributed by atoms with Crippen molar-refractivity contribution in [3.63, 3.8) is 0 Å². The van der Waals surface area contributed by atoms with E-state index in [1.165, 1.54) is 6.33 Å². The Hall–Kier alpha value is -0.630. The number of anilines is 1. The van der Waals surface area contributed by atoms with Gasteiger partial charge in [0.05, 0.1) is 18.5 Å². The van der Waals surface area contributed by atoms with E-state index >= 15 is 0 Å². The van der Waals surface area contributed by atoms with Crippen LogP contribution in [0.5, 0.6) is 0 Å². The average Bonchev–Trinajstić information content (AvgIpc) is 2.20. The lowest BCUT2D eigenvalue weighted by molar-refractivity contribution is -0.0279. The summed E-state index contributed by atoms with van der Waals surface area (Å²) in [4.78, 5) is 20.4. The van der Waals surface area contributed by atoms with Crippen LogP contribution in [0.1, 0.15) is 13.8 Å². The van der Waals surface area contributed by atoms with Crippen molar-refractivity contribution in [3.8, 4) is 0 Å². The molecule has 88 valence electrons. The number of nitrogens with zero attached hydrogens (tertiary/aromatic N) is 2. The van der Waals surface area contributed by atoms with Gasteiger partial charge in [0, 0.05) is 13.1 Å². The maximum absolute atomic E-state index is 11.5. The van der Waals surface area contributed by atoms with Gasteiger partial charge in [-0.3, -0.25) is 4.79 Å². The molecule has 1 N–H and O–H groups in total. The Bertz CT molecular complexity index is 444. The molecule has 5 nitrogen and oxygen atoms in total. The van der Waals surface area contributed by atoms with Crippen molar-refractivity contribution in [1.82, 2.24) is 9.97 Å². The molecule has 2 rings (SSSR count). The number of aromatic amines is 1. The minimum absolute atomic E-state index is 0.0881. The molecule has 1 aliphatic rings. The fourth-order valence-electron chi connectivity index (χ4n) is 1.79. The first-order chi connectivity index (χ1) is 7.49. The Balaban J connectivity index is 2.31. The van der Waals surface area contributed by atoms with E-state index in [4.69, 9.17) is 4.74 Å². The molecule has 1 fully saturated rings. The first-order valence-corrected chi connectivity index (χ1v) is 6.19. The minimum Gasteiger partial charge on any atom is -0.372 e. The second-order valence-corrected chi connectivity index (χ2v) is 5.48. The number of ether oxygens (including phenoxy) is 1. The molecule has 1 aliphatic heterocycles. The molecule has 1 aromatic rings. The van der Waals surface area contributed by atoms with Crippen molar-refractivity contribution >= 4 is 28.4 Å². The van der Waals surface area contributed by atoms with Gasteiger partial charge < -0.3 is 14.6 Å². The lowest BCUT2D eigenvalue weighted by Crippen LogP contribution is -2.49. The Morgan fingerprint density at radius 2 is 2.38 bits per heavy atom. The maximum atomic E-state index is 11.5. The first kappa shape index (κ1) is 11.8. The number of halogens is 1. The molecule has 16 heavy (non-hydrogen) atoms.